The molecule has 1 heterocycles. The highest BCUT2D eigenvalue weighted by molar-refractivity contribution is 7.92. The summed E-state index contributed by atoms with van der Waals surface area (Å²) in [4.78, 5) is 23.5. The highest BCUT2D eigenvalue weighted by atomic mass is 32.2. The SMILES string of the molecule is COc1ccc(N(CC(=O)N/N=C/c2cc(C)n(-c3cccc(C)c3)c2C)S(=O)(=O)c2ccc(C)c([N+](=O)[O-])c2)cc1. The highest BCUT2D eigenvalue weighted by Crippen LogP contribution is 2.29. The first-order valence-corrected chi connectivity index (χ1v) is 14.4. The number of hydrogen-bond donors (Lipinski definition) is 1. The van der Waals surface area contributed by atoms with E-state index in [1.807, 2.05) is 45.0 Å². The van der Waals surface area contributed by atoms with E-state index in [0.717, 1.165) is 38.6 Å². The molecule has 12 heteroatoms. The van der Waals surface area contributed by atoms with Gasteiger partial charge in [0.05, 0.1) is 28.8 Å². The van der Waals surface area contributed by atoms with Crippen LogP contribution in [0.15, 0.2) is 82.8 Å². The second kappa shape index (κ2) is 12.3. The fourth-order valence-electron chi connectivity index (χ4n) is 4.56. The van der Waals surface area contributed by atoms with Gasteiger partial charge in [-0.3, -0.25) is 19.2 Å². The number of hydrogen-bond acceptors (Lipinski definition) is 7. The minimum atomic E-state index is -4.39. The van der Waals surface area contributed by atoms with Crippen LogP contribution in [-0.4, -0.2) is 43.7 Å². The van der Waals surface area contributed by atoms with Crippen molar-refractivity contribution in [3.05, 3.63) is 111 Å². The molecule has 0 spiro atoms. The number of carbonyl (C=O) groups excluding carboxylic acids is 1. The third-order valence-electron chi connectivity index (χ3n) is 6.74. The van der Waals surface area contributed by atoms with Crippen molar-refractivity contribution in [1.82, 2.24) is 9.99 Å². The lowest BCUT2D eigenvalue weighted by atomic mass is 10.2. The number of ether oxygens (including phenoxy) is 1. The van der Waals surface area contributed by atoms with Crippen molar-refractivity contribution >= 4 is 33.5 Å². The first-order chi connectivity index (χ1) is 19.9. The fourth-order valence-corrected chi connectivity index (χ4v) is 6.00. The van der Waals surface area contributed by atoms with Gasteiger partial charge >= 0.3 is 0 Å². The van der Waals surface area contributed by atoms with Crippen LogP contribution >= 0.6 is 0 Å². The van der Waals surface area contributed by atoms with Crippen LogP contribution in [0, 0.1) is 37.8 Å². The zero-order valence-electron chi connectivity index (χ0n) is 23.9. The zero-order valence-corrected chi connectivity index (χ0v) is 24.7. The van der Waals surface area contributed by atoms with Gasteiger partial charge in [-0.2, -0.15) is 5.10 Å². The lowest BCUT2D eigenvalue weighted by molar-refractivity contribution is -0.385. The number of nitrogens with zero attached hydrogens (tertiary/aromatic N) is 4. The minimum absolute atomic E-state index is 0.167. The average Bonchev–Trinajstić information content (AvgIpc) is 3.24. The Morgan fingerprint density at radius 3 is 2.40 bits per heavy atom. The number of anilines is 1. The molecule has 0 radical (unpaired) electrons. The molecule has 1 amide bonds. The van der Waals surface area contributed by atoms with Crippen molar-refractivity contribution in [1.29, 1.82) is 0 Å². The molecule has 4 rings (SSSR count). The van der Waals surface area contributed by atoms with Gasteiger partial charge in [0.2, 0.25) is 0 Å². The zero-order chi connectivity index (χ0) is 30.6. The molecular weight excluding hydrogens is 558 g/mol. The Hall–Kier alpha value is -4.97. The molecular formula is C30H31N5O6S. The Morgan fingerprint density at radius 1 is 1.05 bits per heavy atom. The van der Waals surface area contributed by atoms with E-state index < -0.39 is 27.4 Å². The molecule has 0 aliphatic rings. The number of carbonyl (C=O) groups is 1. The number of benzene rings is 3. The van der Waals surface area contributed by atoms with Gasteiger partial charge in [-0.15, -0.1) is 0 Å². The van der Waals surface area contributed by atoms with Gasteiger partial charge in [-0.05, 0) is 81.8 Å². The summed E-state index contributed by atoms with van der Waals surface area (Å²) in [6.07, 6.45) is 1.50. The van der Waals surface area contributed by atoms with Gasteiger partial charge < -0.3 is 9.30 Å². The molecule has 0 saturated carbocycles. The van der Waals surface area contributed by atoms with E-state index in [1.165, 1.54) is 44.5 Å². The lowest BCUT2D eigenvalue weighted by Gasteiger charge is -2.24. The molecule has 0 bridgehead atoms. The van der Waals surface area contributed by atoms with Gasteiger partial charge in [0, 0.05) is 34.3 Å². The van der Waals surface area contributed by atoms with E-state index in [9.17, 15) is 23.3 Å². The topological polar surface area (TPSA) is 136 Å². The second-order valence-corrected chi connectivity index (χ2v) is 11.6. The predicted molar refractivity (Wildman–Crippen MR) is 161 cm³/mol. The Balaban J connectivity index is 1.60. The summed E-state index contributed by atoms with van der Waals surface area (Å²) in [5, 5.41) is 15.5. The molecule has 1 aromatic heterocycles. The number of nitrogens with one attached hydrogen (secondary N) is 1. The summed E-state index contributed by atoms with van der Waals surface area (Å²) < 4.78 is 35.5. The van der Waals surface area contributed by atoms with E-state index in [0.29, 0.717) is 11.3 Å². The Kier molecular flexibility index (Phi) is 8.76. The van der Waals surface area contributed by atoms with Crippen molar-refractivity contribution in [3.63, 3.8) is 0 Å². The Bertz CT molecular complexity index is 1780. The lowest BCUT2D eigenvalue weighted by Crippen LogP contribution is -2.39. The normalized spacial score (nSPS) is 11.5. The van der Waals surface area contributed by atoms with Gasteiger partial charge in [0.15, 0.2) is 0 Å². The molecule has 1 N–H and O–H groups in total. The molecule has 0 aliphatic heterocycles. The number of nitro benzene ring substituents is 1. The molecule has 218 valence electrons. The maximum Gasteiger partial charge on any atom is 0.273 e. The number of aryl methyl sites for hydroxylation is 3. The van der Waals surface area contributed by atoms with Crippen LogP contribution in [-0.2, 0) is 14.8 Å². The summed E-state index contributed by atoms with van der Waals surface area (Å²) in [6, 6.07) is 19.7. The standard InChI is InChI=1S/C30H31N5O6S/c1-20-7-6-8-26(15-20)34-22(3)16-24(23(34)4)18-31-32-30(36)19-33(25-10-12-27(41-5)13-11-25)42(39,40)28-14-9-21(2)29(17-28)35(37)38/h6-18H,19H2,1-5H3,(H,32,36)/b31-18+. The van der Waals surface area contributed by atoms with Gasteiger partial charge in [-0.25, -0.2) is 13.8 Å². The maximum absolute atomic E-state index is 13.7. The van der Waals surface area contributed by atoms with Gasteiger partial charge in [0.1, 0.15) is 12.3 Å². The first-order valence-electron chi connectivity index (χ1n) is 12.9. The van der Waals surface area contributed by atoms with E-state index in [4.69, 9.17) is 4.74 Å². The van der Waals surface area contributed by atoms with E-state index in [2.05, 4.69) is 21.2 Å². The van der Waals surface area contributed by atoms with Crippen LogP contribution in [0.3, 0.4) is 0 Å². The number of methoxy groups -OCH3 is 1. The molecule has 0 fully saturated rings. The molecule has 3 aromatic carbocycles. The van der Waals surface area contributed by atoms with Crippen LogP contribution in [0.5, 0.6) is 5.75 Å². The van der Waals surface area contributed by atoms with Crippen LogP contribution in [0.1, 0.15) is 28.1 Å². The molecule has 4 aromatic rings. The minimum Gasteiger partial charge on any atom is -0.497 e. The number of hydrazone groups is 1. The molecule has 11 nitrogen and oxygen atoms in total. The largest absolute Gasteiger partial charge is 0.497 e. The molecule has 0 saturated heterocycles. The van der Waals surface area contributed by atoms with Crippen molar-refractivity contribution in [2.75, 3.05) is 18.0 Å². The Labute approximate surface area is 244 Å². The number of rotatable bonds is 10. The van der Waals surface area contributed by atoms with E-state index >= 15 is 0 Å². The highest BCUT2D eigenvalue weighted by Gasteiger charge is 2.29. The number of nitro groups is 1. The summed E-state index contributed by atoms with van der Waals surface area (Å²) in [5.41, 5.74) is 7.34. The summed E-state index contributed by atoms with van der Waals surface area (Å²) in [7, 11) is -2.92. The predicted octanol–water partition coefficient (Wildman–Crippen LogP) is 4.97. The second-order valence-electron chi connectivity index (χ2n) is 9.71. The van der Waals surface area contributed by atoms with Crippen molar-refractivity contribution in [2.45, 2.75) is 32.6 Å². The summed E-state index contributed by atoms with van der Waals surface area (Å²) in [6.45, 7) is 6.82. The van der Waals surface area contributed by atoms with Crippen LogP contribution in [0.25, 0.3) is 5.69 Å². The van der Waals surface area contributed by atoms with Crippen LogP contribution in [0.2, 0.25) is 0 Å². The smallest absolute Gasteiger partial charge is 0.273 e. The molecule has 0 atom stereocenters. The van der Waals surface area contributed by atoms with Crippen molar-refractivity contribution in [3.8, 4) is 11.4 Å². The third kappa shape index (κ3) is 6.33. The van der Waals surface area contributed by atoms with Crippen LogP contribution < -0.4 is 14.5 Å². The van der Waals surface area contributed by atoms with Crippen LogP contribution in [0.4, 0.5) is 11.4 Å². The van der Waals surface area contributed by atoms with E-state index in [-0.39, 0.29) is 16.3 Å². The van der Waals surface area contributed by atoms with Gasteiger partial charge in [0.25, 0.3) is 21.6 Å². The maximum atomic E-state index is 13.7. The van der Waals surface area contributed by atoms with Crippen molar-refractivity contribution < 1.29 is 22.9 Å². The monoisotopic (exact) mass is 589 g/mol. The molecule has 42 heavy (non-hydrogen) atoms. The summed E-state index contributed by atoms with van der Waals surface area (Å²) in [5.74, 6) is -0.223. The Morgan fingerprint density at radius 2 is 1.76 bits per heavy atom. The number of amides is 1. The molecule has 0 unspecified atom stereocenters. The van der Waals surface area contributed by atoms with E-state index in [1.54, 1.807) is 12.1 Å². The fraction of sp³-hybridized carbons (Fsp3) is 0.200. The number of aromatic nitrogens is 1. The summed E-state index contributed by atoms with van der Waals surface area (Å²) >= 11 is 0. The number of sulfonamides is 1. The quantitative estimate of drug-likeness (QED) is 0.158. The molecule has 0 aliphatic carbocycles. The average molecular weight is 590 g/mol. The third-order valence-corrected chi connectivity index (χ3v) is 8.51. The van der Waals surface area contributed by atoms with Crippen molar-refractivity contribution in [2.24, 2.45) is 5.10 Å². The first kappa shape index (κ1) is 30.0. The van der Waals surface area contributed by atoms with Gasteiger partial charge in [-0.1, -0.05) is 18.2 Å².